The second kappa shape index (κ2) is 9.25. The Morgan fingerprint density at radius 1 is 0.923 bits per heavy atom. The maximum Gasteiger partial charge on any atom is 0.244 e. The average molecular weight is 374 g/mol. The van der Waals surface area contributed by atoms with Crippen LogP contribution in [0.3, 0.4) is 0 Å². The topological polar surface area (TPSA) is 52.7 Å². The van der Waals surface area contributed by atoms with Crippen molar-refractivity contribution >= 4 is 40.5 Å². The van der Waals surface area contributed by atoms with Crippen molar-refractivity contribution in [2.75, 3.05) is 34.8 Å². The highest BCUT2D eigenvalue weighted by atomic mass is 35.5. The lowest BCUT2D eigenvalue weighted by molar-refractivity contribution is -0.120. The maximum absolute atomic E-state index is 12.4. The van der Waals surface area contributed by atoms with Gasteiger partial charge in [-0.05, 0) is 62.4 Å². The zero-order valence-corrected chi connectivity index (χ0v) is 16.1. The summed E-state index contributed by atoms with van der Waals surface area (Å²) >= 11 is 5.88. The zero-order valence-electron chi connectivity index (χ0n) is 15.3. The minimum absolute atomic E-state index is 0.0608. The minimum Gasteiger partial charge on any atom is -0.372 e. The summed E-state index contributed by atoms with van der Waals surface area (Å²) in [5.41, 5.74) is 2.44. The van der Waals surface area contributed by atoms with E-state index in [1.54, 1.807) is 24.3 Å². The van der Waals surface area contributed by atoms with Crippen molar-refractivity contribution in [2.45, 2.75) is 20.8 Å². The van der Waals surface area contributed by atoms with Gasteiger partial charge in [-0.3, -0.25) is 9.59 Å². The summed E-state index contributed by atoms with van der Waals surface area (Å²) in [7, 11) is 0. The number of nitrogens with zero attached hydrogens (tertiary/aromatic N) is 2. The zero-order chi connectivity index (χ0) is 19.1. The lowest BCUT2D eigenvalue weighted by atomic mass is 10.2. The smallest absolute Gasteiger partial charge is 0.244 e. The van der Waals surface area contributed by atoms with Gasteiger partial charge in [0.1, 0.15) is 6.54 Å². The van der Waals surface area contributed by atoms with Crippen LogP contribution in [0.2, 0.25) is 5.02 Å². The van der Waals surface area contributed by atoms with E-state index in [1.165, 1.54) is 11.8 Å². The average Bonchev–Trinajstić information content (AvgIpc) is 2.63. The molecular formula is C20H24ClN3O2. The van der Waals surface area contributed by atoms with Crippen molar-refractivity contribution in [3.63, 3.8) is 0 Å². The fourth-order valence-electron chi connectivity index (χ4n) is 2.69. The molecule has 0 radical (unpaired) electrons. The van der Waals surface area contributed by atoms with Crippen LogP contribution in [0.1, 0.15) is 20.8 Å². The van der Waals surface area contributed by atoms with Crippen molar-refractivity contribution in [3.05, 3.63) is 53.6 Å². The van der Waals surface area contributed by atoms with E-state index in [2.05, 4.69) is 24.1 Å². The van der Waals surface area contributed by atoms with Crippen LogP contribution >= 0.6 is 11.6 Å². The van der Waals surface area contributed by atoms with Crippen LogP contribution < -0.4 is 15.1 Å². The van der Waals surface area contributed by atoms with Crippen molar-refractivity contribution in [2.24, 2.45) is 0 Å². The van der Waals surface area contributed by atoms with E-state index in [-0.39, 0.29) is 18.4 Å². The van der Waals surface area contributed by atoms with Gasteiger partial charge in [-0.1, -0.05) is 11.6 Å². The molecule has 0 aromatic heterocycles. The third-order valence-corrected chi connectivity index (χ3v) is 4.35. The molecule has 26 heavy (non-hydrogen) atoms. The summed E-state index contributed by atoms with van der Waals surface area (Å²) in [6.45, 7) is 7.43. The molecule has 0 unspecified atom stereocenters. The van der Waals surface area contributed by atoms with E-state index in [1.807, 2.05) is 24.3 Å². The summed E-state index contributed by atoms with van der Waals surface area (Å²) in [6.07, 6.45) is 0. The van der Waals surface area contributed by atoms with Crippen molar-refractivity contribution in [1.82, 2.24) is 0 Å². The number of rotatable bonds is 7. The van der Waals surface area contributed by atoms with E-state index in [0.717, 1.165) is 18.8 Å². The van der Waals surface area contributed by atoms with Gasteiger partial charge in [0.05, 0.1) is 0 Å². The molecule has 0 aliphatic rings. The molecule has 6 heteroatoms. The van der Waals surface area contributed by atoms with Crippen LogP contribution in [-0.2, 0) is 9.59 Å². The van der Waals surface area contributed by atoms with E-state index in [0.29, 0.717) is 16.4 Å². The molecule has 0 heterocycles. The number of carbonyl (C=O) groups is 2. The Bertz CT molecular complexity index is 741. The Morgan fingerprint density at radius 3 is 1.96 bits per heavy atom. The van der Waals surface area contributed by atoms with Gasteiger partial charge < -0.3 is 15.1 Å². The summed E-state index contributed by atoms with van der Waals surface area (Å²) in [5.74, 6) is -0.468. The Labute approximate surface area is 159 Å². The highest BCUT2D eigenvalue weighted by molar-refractivity contribution is 6.30. The SMILES string of the molecule is CCN(CC)c1ccc(NC(=O)CN(C(C)=O)c2ccc(Cl)cc2)cc1. The van der Waals surface area contributed by atoms with Crippen LogP contribution in [0.15, 0.2) is 48.5 Å². The normalized spacial score (nSPS) is 10.3. The summed E-state index contributed by atoms with van der Waals surface area (Å²) < 4.78 is 0. The quantitative estimate of drug-likeness (QED) is 0.792. The fraction of sp³-hybridized carbons (Fsp3) is 0.300. The Morgan fingerprint density at radius 2 is 1.46 bits per heavy atom. The highest BCUT2D eigenvalue weighted by Gasteiger charge is 2.16. The van der Waals surface area contributed by atoms with Gasteiger partial charge in [-0.15, -0.1) is 0 Å². The largest absolute Gasteiger partial charge is 0.372 e. The standard InChI is InChI=1S/C20H24ClN3O2/c1-4-23(5-2)18-12-8-17(9-13-18)22-20(26)14-24(15(3)25)19-10-6-16(21)7-11-19/h6-13H,4-5,14H2,1-3H3,(H,22,26). The molecule has 2 rings (SSSR count). The second-order valence-corrected chi connectivity index (χ2v) is 6.29. The summed E-state index contributed by atoms with van der Waals surface area (Å²) in [5, 5.41) is 3.41. The molecule has 0 fully saturated rings. The molecule has 0 saturated heterocycles. The van der Waals surface area contributed by atoms with Crippen molar-refractivity contribution in [1.29, 1.82) is 0 Å². The van der Waals surface area contributed by atoms with Gasteiger partial charge in [-0.2, -0.15) is 0 Å². The number of hydrogen-bond donors (Lipinski definition) is 1. The first kappa shape index (κ1) is 19.8. The molecule has 2 amide bonds. The molecular weight excluding hydrogens is 350 g/mol. The van der Waals surface area contributed by atoms with E-state index in [4.69, 9.17) is 11.6 Å². The molecule has 2 aromatic carbocycles. The predicted molar refractivity (Wildman–Crippen MR) is 108 cm³/mol. The third-order valence-electron chi connectivity index (χ3n) is 4.10. The number of benzene rings is 2. The molecule has 138 valence electrons. The molecule has 0 aliphatic heterocycles. The third kappa shape index (κ3) is 5.23. The van der Waals surface area contributed by atoms with Crippen LogP contribution in [-0.4, -0.2) is 31.4 Å². The van der Waals surface area contributed by atoms with Crippen LogP contribution in [0, 0.1) is 0 Å². The molecule has 1 N–H and O–H groups in total. The van der Waals surface area contributed by atoms with E-state index >= 15 is 0 Å². The number of anilines is 3. The van der Waals surface area contributed by atoms with Crippen molar-refractivity contribution < 1.29 is 9.59 Å². The Hall–Kier alpha value is -2.53. The first-order valence-electron chi connectivity index (χ1n) is 8.63. The van der Waals surface area contributed by atoms with Crippen LogP contribution in [0.25, 0.3) is 0 Å². The van der Waals surface area contributed by atoms with Gasteiger partial charge in [0.25, 0.3) is 0 Å². The number of amides is 2. The molecule has 0 spiro atoms. The van der Waals surface area contributed by atoms with Gasteiger partial charge >= 0.3 is 0 Å². The molecule has 5 nitrogen and oxygen atoms in total. The van der Waals surface area contributed by atoms with Crippen LogP contribution in [0.5, 0.6) is 0 Å². The monoisotopic (exact) mass is 373 g/mol. The van der Waals surface area contributed by atoms with Gasteiger partial charge in [0.15, 0.2) is 0 Å². The van der Waals surface area contributed by atoms with Gasteiger partial charge in [-0.25, -0.2) is 0 Å². The van der Waals surface area contributed by atoms with E-state index < -0.39 is 0 Å². The first-order chi connectivity index (χ1) is 12.4. The number of halogens is 1. The highest BCUT2D eigenvalue weighted by Crippen LogP contribution is 2.20. The summed E-state index contributed by atoms with van der Waals surface area (Å²) in [6, 6.07) is 14.5. The second-order valence-electron chi connectivity index (χ2n) is 5.85. The van der Waals surface area contributed by atoms with Crippen LogP contribution in [0.4, 0.5) is 17.1 Å². The summed E-state index contributed by atoms with van der Waals surface area (Å²) in [4.78, 5) is 27.9. The minimum atomic E-state index is -0.259. The predicted octanol–water partition coefficient (Wildman–Crippen LogP) is 4.18. The lowest BCUT2D eigenvalue weighted by Crippen LogP contribution is -2.36. The molecule has 0 bridgehead atoms. The lowest BCUT2D eigenvalue weighted by Gasteiger charge is -2.22. The molecule has 0 atom stereocenters. The fourth-order valence-corrected chi connectivity index (χ4v) is 2.82. The number of hydrogen-bond acceptors (Lipinski definition) is 3. The maximum atomic E-state index is 12.4. The Balaban J connectivity index is 2.04. The van der Waals surface area contributed by atoms with Gasteiger partial charge in [0, 0.05) is 42.1 Å². The van der Waals surface area contributed by atoms with Gasteiger partial charge in [0.2, 0.25) is 11.8 Å². The molecule has 0 aliphatic carbocycles. The molecule has 0 saturated carbocycles. The number of carbonyl (C=O) groups excluding carboxylic acids is 2. The first-order valence-corrected chi connectivity index (χ1v) is 9.01. The molecule has 2 aromatic rings. The van der Waals surface area contributed by atoms with Crippen molar-refractivity contribution in [3.8, 4) is 0 Å². The van der Waals surface area contributed by atoms with E-state index in [9.17, 15) is 9.59 Å². The Kier molecular flexibility index (Phi) is 7.04. The number of nitrogens with one attached hydrogen (secondary N) is 1.